The molecule has 0 saturated carbocycles. The quantitative estimate of drug-likeness (QED) is 0.516. The van der Waals surface area contributed by atoms with Gasteiger partial charge in [-0.05, 0) is 18.9 Å². The van der Waals surface area contributed by atoms with Crippen LogP contribution in [0.3, 0.4) is 0 Å². The first-order valence-electron chi connectivity index (χ1n) is 6.08. The Kier molecular flexibility index (Phi) is 5.46. The SMILES string of the molecule is CC(C)CCCCN1CC(=O)C(NC=O)C1. The van der Waals surface area contributed by atoms with Crippen molar-refractivity contribution in [2.45, 2.75) is 39.2 Å². The van der Waals surface area contributed by atoms with E-state index in [9.17, 15) is 9.59 Å². The molecule has 0 radical (unpaired) electrons. The number of hydrogen-bond donors (Lipinski definition) is 1. The maximum atomic E-state index is 11.5. The fraction of sp³-hybridized carbons (Fsp3) is 0.833. The number of nitrogens with one attached hydrogen (secondary N) is 1. The third kappa shape index (κ3) is 4.31. The molecule has 0 aliphatic carbocycles. The van der Waals surface area contributed by atoms with Gasteiger partial charge in [-0.1, -0.05) is 26.7 Å². The van der Waals surface area contributed by atoms with Gasteiger partial charge in [-0.3, -0.25) is 14.5 Å². The van der Waals surface area contributed by atoms with Crippen molar-refractivity contribution in [3.8, 4) is 0 Å². The Hall–Kier alpha value is -0.900. The molecule has 0 aromatic heterocycles. The fourth-order valence-electron chi connectivity index (χ4n) is 2.04. The van der Waals surface area contributed by atoms with Crippen LogP contribution in [0.25, 0.3) is 0 Å². The highest BCUT2D eigenvalue weighted by atomic mass is 16.1. The Morgan fingerprint density at radius 3 is 2.88 bits per heavy atom. The number of unbranched alkanes of at least 4 members (excludes halogenated alkanes) is 1. The number of carbonyl (C=O) groups excluding carboxylic acids is 2. The Bertz CT molecular complexity index is 241. The molecule has 1 rings (SSSR count). The molecule has 0 spiro atoms. The molecule has 1 saturated heterocycles. The van der Waals surface area contributed by atoms with E-state index in [1.165, 1.54) is 12.8 Å². The number of carbonyl (C=O) groups is 2. The van der Waals surface area contributed by atoms with Crippen LogP contribution in [0.2, 0.25) is 0 Å². The van der Waals surface area contributed by atoms with Gasteiger partial charge in [-0.25, -0.2) is 0 Å². The zero-order chi connectivity index (χ0) is 12.0. The van der Waals surface area contributed by atoms with Crippen LogP contribution in [0.1, 0.15) is 33.1 Å². The third-order valence-electron chi connectivity index (χ3n) is 2.98. The third-order valence-corrected chi connectivity index (χ3v) is 2.98. The van der Waals surface area contributed by atoms with Crippen LogP contribution in [0.4, 0.5) is 0 Å². The number of nitrogens with zero attached hydrogens (tertiary/aromatic N) is 1. The summed E-state index contributed by atoms with van der Waals surface area (Å²) in [7, 11) is 0. The van der Waals surface area contributed by atoms with Crippen LogP contribution in [-0.4, -0.2) is 42.8 Å². The van der Waals surface area contributed by atoms with Crippen molar-refractivity contribution in [2.24, 2.45) is 5.92 Å². The van der Waals surface area contributed by atoms with Crippen molar-refractivity contribution < 1.29 is 9.59 Å². The van der Waals surface area contributed by atoms with E-state index < -0.39 is 0 Å². The smallest absolute Gasteiger partial charge is 0.207 e. The predicted octanol–water partition coefficient (Wildman–Crippen LogP) is 0.812. The van der Waals surface area contributed by atoms with Crippen LogP contribution < -0.4 is 5.32 Å². The highest BCUT2D eigenvalue weighted by Crippen LogP contribution is 2.10. The number of likely N-dealkylation sites (tertiary alicyclic amines) is 1. The van der Waals surface area contributed by atoms with Crippen LogP contribution in [0.15, 0.2) is 0 Å². The first-order valence-corrected chi connectivity index (χ1v) is 6.08. The first kappa shape index (κ1) is 13.2. The van der Waals surface area contributed by atoms with Crippen molar-refractivity contribution >= 4 is 12.2 Å². The lowest BCUT2D eigenvalue weighted by Gasteiger charge is -2.14. The summed E-state index contributed by atoms with van der Waals surface area (Å²) in [5.74, 6) is 0.889. The van der Waals surface area contributed by atoms with Gasteiger partial charge in [-0.2, -0.15) is 0 Å². The lowest BCUT2D eigenvalue weighted by atomic mass is 10.1. The number of Topliss-reactive ketones (excluding diaryl/α,β-unsaturated/α-hetero) is 1. The first-order chi connectivity index (χ1) is 7.63. The van der Waals surface area contributed by atoms with Crippen LogP contribution in [-0.2, 0) is 9.59 Å². The van der Waals surface area contributed by atoms with Crippen molar-refractivity contribution in [1.29, 1.82) is 0 Å². The molecule has 0 bridgehead atoms. The van der Waals surface area contributed by atoms with Crippen LogP contribution in [0, 0.1) is 5.92 Å². The maximum Gasteiger partial charge on any atom is 0.207 e. The van der Waals surface area contributed by atoms with Gasteiger partial charge in [0.05, 0.1) is 6.54 Å². The molecular weight excluding hydrogens is 204 g/mol. The molecule has 1 amide bonds. The Morgan fingerprint density at radius 1 is 1.50 bits per heavy atom. The second-order valence-corrected chi connectivity index (χ2v) is 4.93. The van der Waals surface area contributed by atoms with E-state index in [0.717, 1.165) is 18.9 Å². The molecule has 0 aromatic carbocycles. The van der Waals surface area contributed by atoms with E-state index in [0.29, 0.717) is 19.5 Å². The molecule has 1 aliphatic rings. The fourth-order valence-corrected chi connectivity index (χ4v) is 2.04. The van der Waals surface area contributed by atoms with Gasteiger partial charge in [-0.15, -0.1) is 0 Å². The monoisotopic (exact) mass is 226 g/mol. The Morgan fingerprint density at radius 2 is 2.25 bits per heavy atom. The molecule has 1 aliphatic heterocycles. The molecule has 1 atom stereocenters. The normalized spacial score (nSPS) is 21.7. The van der Waals surface area contributed by atoms with E-state index >= 15 is 0 Å². The number of hydrogen-bond acceptors (Lipinski definition) is 3. The minimum absolute atomic E-state index is 0.135. The molecule has 16 heavy (non-hydrogen) atoms. The molecule has 4 heteroatoms. The van der Waals surface area contributed by atoms with E-state index in [2.05, 4.69) is 24.1 Å². The van der Waals surface area contributed by atoms with Crippen molar-refractivity contribution in [2.75, 3.05) is 19.6 Å². The summed E-state index contributed by atoms with van der Waals surface area (Å²) >= 11 is 0. The van der Waals surface area contributed by atoms with Gasteiger partial charge in [0.2, 0.25) is 6.41 Å². The molecule has 4 nitrogen and oxygen atoms in total. The minimum atomic E-state index is -0.275. The van der Waals surface area contributed by atoms with Gasteiger partial charge in [0, 0.05) is 6.54 Å². The van der Waals surface area contributed by atoms with Gasteiger partial charge < -0.3 is 5.32 Å². The summed E-state index contributed by atoms with van der Waals surface area (Å²) < 4.78 is 0. The van der Waals surface area contributed by atoms with E-state index in [4.69, 9.17) is 0 Å². The lowest BCUT2D eigenvalue weighted by Crippen LogP contribution is -2.35. The summed E-state index contributed by atoms with van der Waals surface area (Å²) in [5, 5.41) is 2.56. The number of amides is 1. The lowest BCUT2D eigenvalue weighted by molar-refractivity contribution is -0.120. The highest BCUT2D eigenvalue weighted by Gasteiger charge is 2.29. The van der Waals surface area contributed by atoms with E-state index in [1.54, 1.807) is 0 Å². The Labute approximate surface area is 97.4 Å². The topological polar surface area (TPSA) is 49.4 Å². The van der Waals surface area contributed by atoms with Crippen LogP contribution >= 0.6 is 0 Å². The predicted molar refractivity (Wildman–Crippen MR) is 63.1 cm³/mol. The second kappa shape index (κ2) is 6.63. The van der Waals surface area contributed by atoms with Crippen molar-refractivity contribution in [3.05, 3.63) is 0 Å². The van der Waals surface area contributed by atoms with Gasteiger partial charge in [0.25, 0.3) is 0 Å². The summed E-state index contributed by atoms with van der Waals surface area (Å²) in [6.07, 6.45) is 4.22. The van der Waals surface area contributed by atoms with Crippen molar-refractivity contribution in [3.63, 3.8) is 0 Å². The molecule has 1 N–H and O–H groups in total. The number of rotatable bonds is 7. The molecule has 1 heterocycles. The molecule has 1 unspecified atom stereocenters. The average molecular weight is 226 g/mol. The maximum absolute atomic E-state index is 11.5. The standard InChI is InChI=1S/C12H22N2O2/c1-10(2)5-3-4-6-14-7-11(13-9-15)12(16)8-14/h9-11H,3-8H2,1-2H3,(H,13,15). The minimum Gasteiger partial charge on any atom is -0.348 e. The van der Waals surface area contributed by atoms with Crippen LogP contribution in [0.5, 0.6) is 0 Å². The molecule has 92 valence electrons. The Balaban J connectivity index is 2.15. The van der Waals surface area contributed by atoms with Gasteiger partial charge in [0.1, 0.15) is 6.04 Å². The molecular formula is C12H22N2O2. The average Bonchev–Trinajstić information content (AvgIpc) is 2.55. The largest absolute Gasteiger partial charge is 0.348 e. The summed E-state index contributed by atoms with van der Waals surface area (Å²) in [5.41, 5.74) is 0. The highest BCUT2D eigenvalue weighted by molar-refractivity contribution is 5.89. The number of ketones is 1. The van der Waals surface area contributed by atoms with E-state index in [1.807, 2.05) is 0 Å². The van der Waals surface area contributed by atoms with E-state index in [-0.39, 0.29) is 11.8 Å². The van der Waals surface area contributed by atoms with Crippen molar-refractivity contribution in [1.82, 2.24) is 10.2 Å². The van der Waals surface area contributed by atoms with Gasteiger partial charge >= 0.3 is 0 Å². The summed E-state index contributed by atoms with van der Waals surface area (Å²) in [4.78, 5) is 23.8. The molecule has 1 fully saturated rings. The zero-order valence-corrected chi connectivity index (χ0v) is 10.2. The van der Waals surface area contributed by atoms with Gasteiger partial charge in [0.15, 0.2) is 5.78 Å². The second-order valence-electron chi connectivity index (χ2n) is 4.93. The summed E-state index contributed by atoms with van der Waals surface area (Å²) in [6, 6.07) is -0.275. The summed E-state index contributed by atoms with van der Waals surface area (Å²) in [6.45, 7) is 6.59. The zero-order valence-electron chi connectivity index (χ0n) is 10.2. The molecule has 0 aromatic rings.